The number of ether oxygens (including phenoxy) is 1. The Bertz CT molecular complexity index is 1050. The number of pyridine rings is 2. The molecule has 4 heterocycles. The molecule has 0 saturated carbocycles. The first kappa shape index (κ1) is 20.0. The number of hydrogen-bond donors (Lipinski definition) is 2. The molecule has 162 valence electrons. The topological polar surface area (TPSA) is 73.8 Å². The molecule has 7 heteroatoms. The van der Waals surface area contributed by atoms with Crippen LogP contribution in [-0.2, 0) is 0 Å². The maximum absolute atomic E-state index is 9.61. The molecule has 2 fully saturated rings. The van der Waals surface area contributed by atoms with Gasteiger partial charge in [-0.3, -0.25) is 0 Å². The molecule has 7 nitrogen and oxygen atoms in total. The first-order chi connectivity index (χ1) is 15.2. The van der Waals surface area contributed by atoms with Gasteiger partial charge in [0.05, 0.1) is 18.3 Å². The van der Waals surface area contributed by atoms with E-state index in [-0.39, 0.29) is 6.61 Å². The number of nitrogens with zero attached hydrogens (tertiary/aromatic N) is 4. The highest BCUT2D eigenvalue weighted by Crippen LogP contribution is 2.35. The lowest BCUT2D eigenvalue weighted by molar-refractivity contribution is 0.238. The van der Waals surface area contributed by atoms with Gasteiger partial charge in [0.15, 0.2) is 0 Å². The van der Waals surface area contributed by atoms with E-state index in [1.807, 2.05) is 18.3 Å². The number of aliphatic hydroxyl groups excluding tert-OH is 1. The molecule has 1 unspecified atom stereocenters. The molecule has 0 spiro atoms. The molecule has 2 saturated heterocycles. The fourth-order valence-electron chi connectivity index (χ4n) is 4.55. The van der Waals surface area contributed by atoms with Crippen molar-refractivity contribution in [2.24, 2.45) is 5.92 Å². The lowest BCUT2D eigenvalue weighted by atomic mass is 10.1. The summed E-state index contributed by atoms with van der Waals surface area (Å²) >= 11 is 0. The van der Waals surface area contributed by atoms with E-state index in [1.165, 1.54) is 0 Å². The quantitative estimate of drug-likeness (QED) is 0.658. The van der Waals surface area contributed by atoms with Crippen LogP contribution < -0.4 is 19.9 Å². The Hall–Kier alpha value is -2.90. The van der Waals surface area contributed by atoms with Gasteiger partial charge >= 0.3 is 0 Å². The van der Waals surface area contributed by atoms with Crippen molar-refractivity contribution in [3.8, 4) is 17.0 Å². The molecule has 1 atom stereocenters. The van der Waals surface area contributed by atoms with Crippen molar-refractivity contribution in [2.75, 3.05) is 62.8 Å². The summed E-state index contributed by atoms with van der Waals surface area (Å²) in [6.07, 6.45) is 2.93. The standard InChI is InChI=1S/C24H29N5O2/c1-31-19-3-4-20-22(12-19)27-21(13-23(20)29-9-6-17(15-29)16-30)18-2-5-24(26-14-18)28-10-7-25-8-11-28/h2-5,12-14,17,25,30H,6-11,15-16H2,1H3. The van der Waals surface area contributed by atoms with Crippen molar-refractivity contribution in [3.63, 3.8) is 0 Å². The van der Waals surface area contributed by atoms with Crippen LogP contribution in [0.2, 0.25) is 0 Å². The van der Waals surface area contributed by atoms with E-state index >= 15 is 0 Å². The Morgan fingerprint density at radius 3 is 2.68 bits per heavy atom. The monoisotopic (exact) mass is 419 g/mol. The number of fused-ring (bicyclic) bond motifs is 1. The molecule has 2 aromatic heterocycles. The van der Waals surface area contributed by atoms with Crippen molar-refractivity contribution in [3.05, 3.63) is 42.6 Å². The molecular formula is C24H29N5O2. The summed E-state index contributed by atoms with van der Waals surface area (Å²) in [7, 11) is 1.68. The lowest BCUT2D eigenvalue weighted by Crippen LogP contribution is -2.43. The maximum atomic E-state index is 9.61. The third-order valence-electron chi connectivity index (χ3n) is 6.36. The molecule has 0 bridgehead atoms. The van der Waals surface area contributed by atoms with E-state index in [4.69, 9.17) is 14.7 Å². The van der Waals surface area contributed by atoms with Gasteiger partial charge in [-0.1, -0.05) is 0 Å². The fraction of sp³-hybridized carbons (Fsp3) is 0.417. The molecule has 2 aliphatic rings. The second-order valence-electron chi connectivity index (χ2n) is 8.34. The summed E-state index contributed by atoms with van der Waals surface area (Å²) in [6, 6.07) is 12.4. The number of rotatable bonds is 5. The summed E-state index contributed by atoms with van der Waals surface area (Å²) < 4.78 is 5.44. The minimum atomic E-state index is 0.234. The van der Waals surface area contributed by atoms with E-state index in [9.17, 15) is 5.11 Å². The molecule has 0 aliphatic carbocycles. The minimum absolute atomic E-state index is 0.234. The smallest absolute Gasteiger partial charge is 0.128 e. The summed E-state index contributed by atoms with van der Waals surface area (Å²) in [5.74, 6) is 2.13. The largest absolute Gasteiger partial charge is 0.497 e. The van der Waals surface area contributed by atoms with Crippen LogP contribution in [0.1, 0.15) is 6.42 Å². The van der Waals surface area contributed by atoms with E-state index in [0.29, 0.717) is 5.92 Å². The molecule has 2 N–H and O–H groups in total. The number of benzene rings is 1. The molecular weight excluding hydrogens is 390 g/mol. The molecule has 2 aliphatic heterocycles. The van der Waals surface area contributed by atoms with Crippen LogP contribution in [-0.4, -0.2) is 68.1 Å². The van der Waals surface area contributed by atoms with Gasteiger partial charge in [0, 0.05) is 80.7 Å². The first-order valence-electron chi connectivity index (χ1n) is 11.0. The van der Waals surface area contributed by atoms with Gasteiger partial charge in [0.1, 0.15) is 11.6 Å². The Morgan fingerprint density at radius 1 is 1.10 bits per heavy atom. The Balaban J connectivity index is 1.53. The summed E-state index contributed by atoms with van der Waals surface area (Å²) in [4.78, 5) is 14.4. The molecule has 5 rings (SSSR count). The summed E-state index contributed by atoms with van der Waals surface area (Å²) in [5, 5.41) is 14.1. The number of hydrogen-bond acceptors (Lipinski definition) is 7. The zero-order chi connectivity index (χ0) is 21.2. The van der Waals surface area contributed by atoms with Gasteiger partial charge in [0.2, 0.25) is 0 Å². The number of nitrogens with one attached hydrogen (secondary N) is 1. The third-order valence-corrected chi connectivity index (χ3v) is 6.36. The van der Waals surface area contributed by atoms with Gasteiger partial charge in [-0.2, -0.15) is 0 Å². The SMILES string of the molecule is COc1ccc2c(N3CCC(CO)C3)cc(-c3ccc(N4CCNCC4)nc3)nc2c1. The number of aliphatic hydroxyl groups is 1. The Kier molecular flexibility index (Phi) is 5.61. The van der Waals surface area contributed by atoms with Crippen molar-refractivity contribution < 1.29 is 9.84 Å². The Labute approximate surface area is 182 Å². The lowest BCUT2D eigenvalue weighted by Gasteiger charge is -2.28. The molecule has 0 amide bonds. The van der Waals surface area contributed by atoms with E-state index in [0.717, 1.165) is 85.1 Å². The van der Waals surface area contributed by atoms with E-state index in [1.54, 1.807) is 7.11 Å². The molecule has 31 heavy (non-hydrogen) atoms. The molecule has 1 aromatic carbocycles. The van der Waals surface area contributed by atoms with Crippen LogP contribution in [0.4, 0.5) is 11.5 Å². The normalized spacial score (nSPS) is 19.2. The third kappa shape index (κ3) is 4.03. The minimum Gasteiger partial charge on any atom is -0.497 e. The van der Waals surface area contributed by atoms with Gasteiger partial charge in [0.25, 0.3) is 0 Å². The summed E-state index contributed by atoms with van der Waals surface area (Å²) in [5.41, 5.74) is 3.97. The van der Waals surface area contributed by atoms with Crippen LogP contribution in [0, 0.1) is 5.92 Å². The van der Waals surface area contributed by atoms with E-state index in [2.05, 4.69) is 39.4 Å². The van der Waals surface area contributed by atoms with Crippen molar-refractivity contribution in [2.45, 2.75) is 6.42 Å². The number of piperazine rings is 1. The van der Waals surface area contributed by atoms with Crippen LogP contribution in [0.25, 0.3) is 22.2 Å². The van der Waals surface area contributed by atoms with Crippen molar-refractivity contribution in [1.29, 1.82) is 0 Å². The highest BCUT2D eigenvalue weighted by Gasteiger charge is 2.24. The maximum Gasteiger partial charge on any atom is 0.128 e. The number of anilines is 2. The van der Waals surface area contributed by atoms with Gasteiger partial charge in [-0.25, -0.2) is 9.97 Å². The van der Waals surface area contributed by atoms with Gasteiger partial charge in [-0.05, 0) is 36.8 Å². The number of aromatic nitrogens is 2. The zero-order valence-electron chi connectivity index (χ0n) is 17.9. The van der Waals surface area contributed by atoms with Gasteiger partial charge in [-0.15, -0.1) is 0 Å². The zero-order valence-corrected chi connectivity index (χ0v) is 17.9. The Morgan fingerprint density at radius 2 is 1.97 bits per heavy atom. The van der Waals surface area contributed by atoms with Crippen LogP contribution in [0.5, 0.6) is 5.75 Å². The average Bonchev–Trinajstić information content (AvgIpc) is 3.33. The highest BCUT2D eigenvalue weighted by atomic mass is 16.5. The average molecular weight is 420 g/mol. The summed E-state index contributed by atoms with van der Waals surface area (Å²) in [6.45, 7) is 5.98. The number of methoxy groups -OCH3 is 1. The second kappa shape index (κ2) is 8.69. The molecule has 0 radical (unpaired) electrons. The van der Waals surface area contributed by atoms with Crippen LogP contribution in [0.15, 0.2) is 42.6 Å². The van der Waals surface area contributed by atoms with Crippen LogP contribution >= 0.6 is 0 Å². The predicted molar refractivity (Wildman–Crippen MR) is 124 cm³/mol. The second-order valence-corrected chi connectivity index (χ2v) is 8.34. The fourth-order valence-corrected chi connectivity index (χ4v) is 4.55. The van der Waals surface area contributed by atoms with Crippen molar-refractivity contribution in [1.82, 2.24) is 15.3 Å². The molecule has 3 aromatic rings. The van der Waals surface area contributed by atoms with Crippen LogP contribution in [0.3, 0.4) is 0 Å². The first-order valence-corrected chi connectivity index (χ1v) is 11.0. The van der Waals surface area contributed by atoms with Crippen molar-refractivity contribution >= 4 is 22.4 Å². The van der Waals surface area contributed by atoms with Gasteiger partial charge < -0.3 is 25.0 Å². The predicted octanol–water partition coefficient (Wildman–Crippen LogP) is 2.53. The van der Waals surface area contributed by atoms with E-state index < -0.39 is 0 Å². The highest BCUT2D eigenvalue weighted by molar-refractivity contribution is 5.95.